The number of carbonyl (C=O) groups excluding carboxylic acids is 1. The normalized spacial score (nSPS) is 20.1. The van der Waals surface area contributed by atoms with E-state index in [4.69, 9.17) is 4.79 Å². The first-order chi connectivity index (χ1) is 4.39. The molecule has 0 aromatic carbocycles. The number of rotatable bonds is 0. The Bertz CT molecular complexity index is 59.9. The molecule has 9 heavy (non-hydrogen) atoms. The average molecular weight is 193 g/mol. The van der Waals surface area contributed by atoms with Crippen molar-refractivity contribution in [2.45, 2.75) is 36.9 Å². The van der Waals surface area contributed by atoms with E-state index in [9.17, 15) is 0 Å². The number of carbonyl (C=O) groups is 1. The SMILES string of the molecule is BrC1CCCCC1.C=O. The monoisotopic (exact) mass is 192 g/mol. The van der Waals surface area contributed by atoms with Gasteiger partial charge in [-0.2, -0.15) is 0 Å². The Kier molecular flexibility index (Phi) is 6.38. The lowest BCUT2D eigenvalue weighted by Crippen LogP contribution is -2.02. The summed E-state index contributed by atoms with van der Waals surface area (Å²) >= 11 is 3.59. The van der Waals surface area contributed by atoms with Crippen LogP contribution < -0.4 is 0 Å². The maximum absolute atomic E-state index is 8.00. The van der Waals surface area contributed by atoms with Gasteiger partial charge in [0.25, 0.3) is 0 Å². The first-order valence-corrected chi connectivity index (χ1v) is 4.24. The maximum atomic E-state index is 8.00. The number of alkyl halides is 1. The Morgan fingerprint density at radius 1 is 1.11 bits per heavy atom. The van der Waals surface area contributed by atoms with Gasteiger partial charge in [0.05, 0.1) is 0 Å². The van der Waals surface area contributed by atoms with Crippen LogP contribution in [0.25, 0.3) is 0 Å². The van der Waals surface area contributed by atoms with Gasteiger partial charge in [-0.15, -0.1) is 0 Å². The zero-order valence-electron chi connectivity index (χ0n) is 5.61. The molecule has 0 aromatic heterocycles. The van der Waals surface area contributed by atoms with Gasteiger partial charge in [-0.3, -0.25) is 0 Å². The van der Waals surface area contributed by atoms with E-state index in [2.05, 4.69) is 15.9 Å². The largest absolute Gasteiger partial charge is 0.307 e. The molecule has 0 bridgehead atoms. The van der Waals surface area contributed by atoms with E-state index >= 15 is 0 Å². The van der Waals surface area contributed by atoms with Crippen LogP contribution >= 0.6 is 15.9 Å². The van der Waals surface area contributed by atoms with Crippen molar-refractivity contribution in [3.63, 3.8) is 0 Å². The number of hydrogen-bond donors (Lipinski definition) is 0. The highest BCUT2D eigenvalue weighted by atomic mass is 79.9. The minimum absolute atomic E-state index is 0.848. The zero-order valence-corrected chi connectivity index (χ0v) is 7.19. The van der Waals surface area contributed by atoms with Gasteiger partial charge in [-0.25, -0.2) is 0 Å². The standard InChI is InChI=1S/C6H11Br.CH2O/c7-6-4-2-1-3-5-6;1-2/h6H,1-5H2;1H2. The van der Waals surface area contributed by atoms with Crippen LogP contribution in [0.3, 0.4) is 0 Å². The summed E-state index contributed by atoms with van der Waals surface area (Å²) in [5.41, 5.74) is 0. The summed E-state index contributed by atoms with van der Waals surface area (Å²) in [5.74, 6) is 0. The van der Waals surface area contributed by atoms with E-state index in [0.717, 1.165) is 4.83 Å². The molecule has 1 saturated carbocycles. The number of hydrogen-bond acceptors (Lipinski definition) is 1. The van der Waals surface area contributed by atoms with Gasteiger partial charge in [0, 0.05) is 4.83 Å². The zero-order chi connectivity index (χ0) is 7.11. The molecule has 0 amide bonds. The molecule has 0 saturated heterocycles. The smallest absolute Gasteiger partial charge is 0.106 e. The molecule has 0 radical (unpaired) electrons. The first-order valence-electron chi connectivity index (χ1n) is 3.32. The molecule has 1 nitrogen and oxygen atoms in total. The second-order valence-electron chi connectivity index (χ2n) is 2.24. The Hall–Kier alpha value is 0.150. The third kappa shape index (κ3) is 4.64. The van der Waals surface area contributed by atoms with Crippen LogP contribution in [0.4, 0.5) is 0 Å². The van der Waals surface area contributed by atoms with Crippen molar-refractivity contribution < 1.29 is 4.79 Å². The van der Waals surface area contributed by atoms with Crippen LogP contribution in [0, 0.1) is 0 Å². The van der Waals surface area contributed by atoms with Crippen molar-refractivity contribution in [2.24, 2.45) is 0 Å². The Morgan fingerprint density at radius 3 is 1.78 bits per heavy atom. The summed E-state index contributed by atoms with van der Waals surface area (Å²) < 4.78 is 0. The van der Waals surface area contributed by atoms with Gasteiger partial charge >= 0.3 is 0 Å². The van der Waals surface area contributed by atoms with E-state index in [0.29, 0.717) is 0 Å². The Balaban J connectivity index is 0.000000291. The van der Waals surface area contributed by atoms with Crippen molar-refractivity contribution >= 4 is 22.7 Å². The van der Waals surface area contributed by atoms with E-state index in [-0.39, 0.29) is 0 Å². The second kappa shape index (κ2) is 6.27. The van der Waals surface area contributed by atoms with E-state index in [1.165, 1.54) is 32.1 Å². The van der Waals surface area contributed by atoms with Crippen molar-refractivity contribution in [3.8, 4) is 0 Å². The third-order valence-electron chi connectivity index (χ3n) is 1.53. The molecule has 0 heterocycles. The van der Waals surface area contributed by atoms with Crippen LogP contribution in [0.5, 0.6) is 0 Å². The van der Waals surface area contributed by atoms with Crippen LogP contribution in [-0.4, -0.2) is 11.6 Å². The fraction of sp³-hybridized carbons (Fsp3) is 0.857. The van der Waals surface area contributed by atoms with Crippen molar-refractivity contribution in [2.75, 3.05) is 0 Å². The molecular formula is C7H13BrO. The van der Waals surface area contributed by atoms with E-state index < -0.39 is 0 Å². The third-order valence-corrected chi connectivity index (χ3v) is 2.45. The van der Waals surface area contributed by atoms with Gasteiger partial charge < -0.3 is 4.79 Å². The summed E-state index contributed by atoms with van der Waals surface area (Å²) in [7, 11) is 0. The summed E-state index contributed by atoms with van der Waals surface area (Å²) in [4.78, 5) is 8.85. The fourth-order valence-electron chi connectivity index (χ4n) is 1.05. The molecule has 54 valence electrons. The van der Waals surface area contributed by atoms with Gasteiger partial charge in [0.2, 0.25) is 0 Å². The van der Waals surface area contributed by atoms with Crippen LogP contribution in [0.1, 0.15) is 32.1 Å². The quantitative estimate of drug-likeness (QED) is 0.540. The van der Waals surface area contributed by atoms with Gasteiger partial charge in [-0.05, 0) is 12.8 Å². The summed E-state index contributed by atoms with van der Waals surface area (Å²) in [6, 6.07) is 0. The minimum atomic E-state index is 0.848. The molecule has 1 aliphatic carbocycles. The first kappa shape index (κ1) is 9.15. The highest BCUT2D eigenvalue weighted by Gasteiger charge is 2.07. The van der Waals surface area contributed by atoms with Gasteiger partial charge in [0.1, 0.15) is 6.79 Å². The molecular weight excluding hydrogens is 180 g/mol. The van der Waals surface area contributed by atoms with Crippen molar-refractivity contribution in [1.82, 2.24) is 0 Å². The Labute approximate surface area is 65.0 Å². The molecule has 0 spiro atoms. The summed E-state index contributed by atoms with van der Waals surface area (Å²) in [6.45, 7) is 2.00. The number of halogens is 1. The summed E-state index contributed by atoms with van der Waals surface area (Å²) in [6.07, 6.45) is 7.15. The molecule has 1 rings (SSSR count). The lowest BCUT2D eigenvalue weighted by molar-refractivity contribution is -0.0979. The molecule has 0 aliphatic heterocycles. The van der Waals surface area contributed by atoms with Crippen molar-refractivity contribution in [1.29, 1.82) is 0 Å². The molecule has 1 fully saturated rings. The average Bonchev–Trinajstić information content (AvgIpc) is 1.94. The molecule has 1 aliphatic rings. The lowest BCUT2D eigenvalue weighted by Gasteiger charge is -2.13. The fourth-order valence-corrected chi connectivity index (χ4v) is 1.70. The molecule has 0 atom stereocenters. The van der Waals surface area contributed by atoms with Gasteiger partial charge in [-0.1, -0.05) is 35.2 Å². The molecule has 0 unspecified atom stereocenters. The van der Waals surface area contributed by atoms with Crippen molar-refractivity contribution in [3.05, 3.63) is 0 Å². The minimum Gasteiger partial charge on any atom is -0.307 e. The van der Waals surface area contributed by atoms with E-state index in [1.807, 2.05) is 6.79 Å². The topological polar surface area (TPSA) is 17.1 Å². The molecule has 0 N–H and O–H groups in total. The second-order valence-corrected chi connectivity index (χ2v) is 3.53. The predicted octanol–water partition coefficient (Wildman–Crippen LogP) is 2.53. The van der Waals surface area contributed by atoms with Crippen LogP contribution in [0.2, 0.25) is 0 Å². The predicted molar refractivity (Wildman–Crippen MR) is 42.9 cm³/mol. The Morgan fingerprint density at radius 2 is 1.56 bits per heavy atom. The van der Waals surface area contributed by atoms with E-state index in [1.54, 1.807) is 0 Å². The maximum Gasteiger partial charge on any atom is 0.106 e. The van der Waals surface area contributed by atoms with Gasteiger partial charge in [0.15, 0.2) is 0 Å². The highest BCUT2D eigenvalue weighted by molar-refractivity contribution is 9.09. The highest BCUT2D eigenvalue weighted by Crippen LogP contribution is 2.22. The van der Waals surface area contributed by atoms with Crippen LogP contribution in [-0.2, 0) is 4.79 Å². The molecule has 2 heteroatoms. The molecule has 0 aromatic rings. The van der Waals surface area contributed by atoms with Crippen LogP contribution in [0.15, 0.2) is 0 Å². The lowest BCUT2D eigenvalue weighted by atomic mass is 10.0. The summed E-state index contributed by atoms with van der Waals surface area (Å²) in [5, 5.41) is 0.